The van der Waals surface area contributed by atoms with Gasteiger partial charge in [-0.15, -0.1) is 0 Å². The van der Waals surface area contributed by atoms with Crippen LogP contribution in [0.2, 0.25) is 0 Å². The third kappa shape index (κ3) is 49.8. The Labute approximate surface area is 367 Å². The van der Waals surface area contributed by atoms with Crippen LogP contribution in [-0.2, 0) is 14.3 Å². The molecule has 4 heteroatoms. The second-order valence-electron chi connectivity index (χ2n) is 16.5. The summed E-state index contributed by atoms with van der Waals surface area (Å²) in [7, 11) is 0. The molecule has 0 saturated heterocycles. The fourth-order valence-electron chi connectivity index (χ4n) is 6.97. The highest BCUT2D eigenvalue weighted by atomic mass is 16.6. The molecule has 0 spiro atoms. The predicted octanol–water partition coefficient (Wildman–Crippen LogP) is 17.1. The summed E-state index contributed by atoms with van der Waals surface area (Å²) < 4.78 is 11.2. The highest BCUT2D eigenvalue weighted by molar-refractivity contribution is 5.69. The molecule has 0 rings (SSSR count). The lowest BCUT2D eigenvalue weighted by atomic mass is 10.0. The molecule has 0 bridgehead atoms. The summed E-state index contributed by atoms with van der Waals surface area (Å²) >= 11 is 0. The first-order chi connectivity index (χ1) is 29.2. The molecule has 0 aliphatic carbocycles. The average molecular weight is 821 g/mol. The van der Waals surface area contributed by atoms with Crippen LogP contribution in [0.5, 0.6) is 0 Å². The molecule has 0 heterocycles. The molecule has 0 amide bonds. The number of rotatable bonds is 46. The van der Waals surface area contributed by atoms with E-state index < -0.39 is 6.10 Å². The third-order valence-electron chi connectivity index (χ3n) is 10.7. The van der Waals surface area contributed by atoms with Gasteiger partial charge in [0, 0.05) is 13.0 Å². The number of hydrogen-bond donors (Lipinski definition) is 1. The summed E-state index contributed by atoms with van der Waals surface area (Å²) in [6.07, 6.45) is 72.4. The van der Waals surface area contributed by atoms with Gasteiger partial charge >= 0.3 is 5.97 Å². The summed E-state index contributed by atoms with van der Waals surface area (Å²) in [6.45, 7) is 5.22. The summed E-state index contributed by atoms with van der Waals surface area (Å²) in [5.74, 6) is -0.213. The molecule has 0 saturated carbocycles. The fourth-order valence-corrected chi connectivity index (χ4v) is 6.97. The zero-order valence-corrected chi connectivity index (χ0v) is 39.0. The molecule has 4 nitrogen and oxygen atoms in total. The van der Waals surface area contributed by atoms with Crippen molar-refractivity contribution in [3.05, 3.63) is 85.1 Å². The molecule has 1 unspecified atom stereocenters. The molecule has 0 aromatic rings. The maximum Gasteiger partial charge on any atom is 0.306 e. The molecule has 59 heavy (non-hydrogen) atoms. The van der Waals surface area contributed by atoms with Crippen LogP contribution in [0.25, 0.3) is 0 Å². The van der Waals surface area contributed by atoms with Crippen molar-refractivity contribution in [3.8, 4) is 0 Å². The molecular weight excluding hydrogens is 725 g/mol. The lowest BCUT2D eigenvalue weighted by Crippen LogP contribution is -2.27. The van der Waals surface area contributed by atoms with Crippen LogP contribution >= 0.6 is 0 Å². The van der Waals surface area contributed by atoms with E-state index in [2.05, 4.69) is 98.9 Å². The first-order valence-electron chi connectivity index (χ1n) is 25.2. The number of unbranched alkanes of at least 4 members (excludes halogenated alkanes) is 24. The molecule has 0 aromatic carbocycles. The molecule has 0 aliphatic heterocycles. The molecule has 1 atom stereocenters. The van der Waals surface area contributed by atoms with Gasteiger partial charge in [0.25, 0.3) is 0 Å². The first-order valence-corrected chi connectivity index (χ1v) is 25.2. The first kappa shape index (κ1) is 56.6. The van der Waals surface area contributed by atoms with Crippen LogP contribution in [0.4, 0.5) is 0 Å². The topological polar surface area (TPSA) is 55.8 Å². The summed E-state index contributed by atoms with van der Waals surface area (Å²) in [5, 5.41) is 9.65. The minimum atomic E-state index is -0.547. The summed E-state index contributed by atoms with van der Waals surface area (Å²) in [5.41, 5.74) is 0. The van der Waals surface area contributed by atoms with Gasteiger partial charge in [0.15, 0.2) is 0 Å². The Hall–Kier alpha value is -2.43. The molecule has 0 fully saturated rings. The molecule has 0 radical (unpaired) electrons. The van der Waals surface area contributed by atoms with Gasteiger partial charge in [-0.25, -0.2) is 0 Å². The number of ether oxygens (including phenoxy) is 2. The van der Waals surface area contributed by atoms with E-state index in [1.54, 1.807) is 0 Å². The van der Waals surface area contributed by atoms with Crippen molar-refractivity contribution in [3.63, 3.8) is 0 Å². The zero-order valence-electron chi connectivity index (χ0n) is 39.0. The number of aliphatic hydroxyl groups excluding tert-OH is 1. The molecule has 0 aromatic heterocycles. The highest BCUT2D eigenvalue weighted by Gasteiger charge is 2.13. The Kier molecular flexibility index (Phi) is 49.6. The van der Waals surface area contributed by atoms with Crippen LogP contribution in [0.1, 0.15) is 232 Å². The maximum absolute atomic E-state index is 12.3. The van der Waals surface area contributed by atoms with Crippen molar-refractivity contribution in [1.29, 1.82) is 0 Å². The Morgan fingerprint density at radius 2 is 0.763 bits per heavy atom. The van der Waals surface area contributed by atoms with Crippen molar-refractivity contribution >= 4 is 5.97 Å². The number of carbonyl (C=O) groups is 1. The number of hydrogen-bond acceptors (Lipinski definition) is 4. The normalized spacial score (nSPS) is 13.1. The van der Waals surface area contributed by atoms with Gasteiger partial charge in [-0.05, 0) is 89.9 Å². The van der Waals surface area contributed by atoms with Crippen molar-refractivity contribution in [2.24, 2.45) is 0 Å². The Bertz CT molecular complexity index is 1050. The van der Waals surface area contributed by atoms with Crippen molar-refractivity contribution in [2.45, 2.75) is 238 Å². The van der Waals surface area contributed by atoms with Crippen LogP contribution in [0.15, 0.2) is 85.1 Å². The van der Waals surface area contributed by atoms with E-state index in [-0.39, 0.29) is 19.2 Å². The van der Waals surface area contributed by atoms with E-state index in [0.29, 0.717) is 13.0 Å². The molecule has 340 valence electrons. The van der Waals surface area contributed by atoms with Gasteiger partial charge in [0.05, 0.1) is 13.2 Å². The highest BCUT2D eigenvalue weighted by Crippen LogP contribution is 2.14. The van der Waals surface area contributed by atoms with Gasteiger partial charge in [-0.1, -0.05) is 221 Å². The smallest absolute Gasteiger partial charge is 0.306 e. The van der Waals surface area contributed by atoms with Crippen molar-refractivity contribution in [1.82, 2.24) is 0 Å². The van der Waals surface area contributed by atoms with Gasteiger partial charge < -0.3 is 14.6 Å². The SMILES string of the molecule is CC/C=C\C/C=C\C/C=C\C/C=C\C/C=C\CCCCCCCCCC(=O)OC(CO)COCCCCCCCCCCCCCC/C=C\C/C=C\CCCCCCC. The lowest BCUT2D eigenvalue weighted by Gasteiger charge is -2.16. The molecular formula is C55H96O4. The number of esters is 1. The minimum Gasteiger partial charge on any atom is -0.457 e. The second-order valence-corrected chi connectivity index (χ2v) is 16.5. The zero-order chi connectivity index (χ0) is 42.6. The molecule has 1 N–H and O–H groups in total. The monoisotopic (exact) mass is 821 g/mol. The largest absolute Gasteiger partial charge is 0.457 e. The van der Waals surface area contributed by atoms with Gasteiger partial charge in [0.1, 0.15) is 6.10 Å². The minimum absolute atomic E-state index is 0.180. The van der Waals surface area contributed by atoms with Crippen LogP contribution in [0.3, 0.4) is 0 Å². The fraction of sp³-hybridized carbons (Fsp3) is 0.727. The third-order valence-corrected chi connectivity index (χ3v) is 10.7. The lowest BCUT2D eigenvalue weighted by molar-refractivity contribution is -0.154. The summed E-state index contributed by atoms with van der Waals surface area (Å²) in [6, 6.07) is 0. The summed E-state index contributed by atoms with van der Waals surface area (Å²) in [4.78, 5) is 12.3. The average Bonchev–Trinajstić information content (AvgIpc) is 3.24. The van der Waals surface area contributed by atoms with Gasteiger partial charge in [0.2, 0.25) is 0 Å². The van der Waals surface area contributed by atoms with E-state index in [1.807, 2.05) is 0 Å². The standard InChI is InChI=1S/C55H96O4/c1-3-5-7-9-11-13-15-17-19-21-23-25-27-29-31-33-35-37-39-41-43-45-47-49-51-58-53-54(52-56)59-55(57)50-48-46-44-42-40-38-36-34-32-30-28-26-24-22-20-18-16-14-12-10-8-6-4-2/h6,8,12,14-15,17-18,20-21,23-24,26,30,32,54,56H,3-5,7,9-11,13,16,19,22,25,27-29,31,33-53H2,1-2H3/b8-6-,14-12-,17-15-,20-18-,23-21-,26-24-,32-30-. The number of allylic oxidation sites excluding steroid dienone is 14. The Morgan fingerprint density at radius 3 is 1.15 bits per heavy atom. The van der Waals surface area contributed by atoms with E-state index in [4.69, 9.17) is 9.47 Å². The van der Waals surface area contributed by atoms with Crippen LogP contribution in [-0.4, -0.2) is 37.0 Å². The van der Waals surface area contributed by atoms with Crippen molar-refractivity contribution < 1.29 is 19.4 Å². The van der Waals surface area contributed by atoms with E-state index in [9.17, 15) is 9.90 Å². The quantitative estimate of drug-likeness (QED) is 0.0378. The van der Waals surface area contributed by atoms with E-state index >= 15 is 0 Å². The van der Waals surface area contributed by atoms with Crippen molar-refractivity contribution in [2.75, 3.05) is 19.8 Å². The van der Waals surface area contributed by atoms with Gasteiger partial charge in [-0.3, -0.25) is 4.79 Å². The van der Waals surface area contributed by atoms with Crippen LogP contribution < -0.4 is 0 Å². The van der Waals surface area contributed by atoms with E-state index in [0.717, 1.165) is 70.6 Å². The van der Waals surface area contributed by atoms with E-state index in [1.165, 1.54) is 141 Å². The Morgan fingerprint density at radius 1 is 0.424 bits per heavy atom. The number of carbonyl (C=O) groups excluding carboxylic acids is 1. The Balaban J connectivity index is 3.46. The maximum atomic E-state index is 12.3. The van der Waals surface area contributed by atoms with Crippen LogP contribution in [0, 0.1) is 0 Å². The predicted molar refractivity (Wildman–Crippen MR) is 260 cm³/mol. The van der Waals surface area contributed by atoms with Gasteiger partial charge in [-0.2, -0.15) is 0 Å². The second kappa shape index (κ2) is 51.7. The number of aliphatic hydroxyl groups is 1. The molecule has 0 aliphatic rings.